The summed E-state index contributed by atoms with van der Waals surface area (Å²) in [7, 11) is 0. The first-order chi connectivity index (χ1) is 12.2. The Kier molecular flexibility index (Phi) is 6.09. The summed E-state index contributed by atoms with van der Waals surface area (Å²) in [6.45, 7) is 10.4. The third-order valence-electron chi connectivity index (χ3n) is 4.00. The van der Waals surface area contributed by atoms with Gasteiger partial charge < -0.3 is 24.6 Å². The van der Waals surface area contributed by atoms with Gasteiger partial charge in [0.25, 0.3) is 0 Å². The van der Waals surface area contributed by atoms with E-state index in [1.807, 2.05) is 31.2 Å². The molecule has 3 rings (SSSR count). The van der Waals surface area contributed by atoms with Crippen molar-refractivity contribution in [3.63, 3.8) is 0 Å². The van der Waals surface area contributed by atoms with E-state index in [2.05, 4.69) is 22.4 Å². The van der Waals surface area contributed by atoms with E-state index >= 15 is 0 Å². The number of nitrogens with one attached hydrogen (secondary N) is 2. The predicted octanol–water partition coefficient (Wildman–Crippen LogP) is 2.44. The van der Waals surface area contributed by atoms with Gasteiger partial charge in [-0.3, -0.25) is 0 Å². The molecule has 6 nitrogen and oxygen atoms in total. The molecular formula is C19H25N3O3. The van der Waals surface area contributed by atoms with Gasteiger partial charge in [0, 0.05) is 38.3 Å². The number of hydrogen-bond acceptors (Lipinski definition) is 6. The first kappa shape index (κ1) is 17.5. The highest BCUT2D eigenvalue weighted by Gasteiger charge is 2.15. The van der Waals surface area contributed by atoms with Crippen molar-refractivity contribution in [2.75, 3.05) is 26.2 Å². The molecule has 0 aliphatic carbocycles. The maximum Gasteiger partial charge on any atom is 0.134 e. The van der Waals surface area contributed by atoms with Gasteiger partial charge in [-0.2, -0.15) is 0 Å². The minimum atomic E-state index is 0.364. The van der Waals surface area contributed by atoms with Gasteiger partial charge >= 0.3 is 0 Å². The van der Waals surface area contributed by atoms with E-state index in [4.69, 9.17) is 14.0 Å². The fourth-order valence-electron chi connectivity index (χ4n) is 2.61. The summed E-state index contributed by atoms with van der Waals surface area (Å²) in [6.07, 6.45) is 1.73. The number of ether oxygens (including phenoxy) is 2. The first-order valence-corrected chi connectivity index (χ1v) is 8.57. The van der Waals surface area contributed by atoms with Gasteiger partial charge in [0.1, 0.15) is 36.2 Å². The Bertz CT molecular complexity index is 695. The SMILES string of the molecule is C=CCOc1cc(CNCC2CNC2)cc(OCc2cc(C)on2)c1. The number of nitrogens with zero attached hydrogens (tertiary/aromatic N) is 1. The lowest BCUT2D eigenvalue weighted by atomic mass is 10.0. The van der Waals surface area contributed by atoms with Gasteiger partial charge in [-0.15, -0.1) is 0 Å². The number of rotatable bonds is 10. The molecule has 2 N–H and O–H groups in total. The largest absolute Gasteiger partial charge is 0.489 e. The molecule has 0 spiro atoms. The summed E-state index contributed by atoms with van der Waals surface area (Å²) in [5.74, 6) is 3.03. The van der Waals surface area contributed by atoms with Crippen molar-refractivity contribution in [3.8, 4) is 11.5 Å². The Morgan fingerprint density at radius 1 is 1.28 bits per heavy atom. The Hall–Kier alpha value is -2.31. The minimum absolute atomic E-state index is 0.364. The highest BCUT2D eigenvalue weighted by atomic mass is 16.5. The molecule has 1 aliphatic heterocycles. The lowest BCUT2D eigenvalue weighted by Crippen LogP contribution is -2.47. The molecule has 0 atom stereocenters. The zero-order chi connectivity index (χ0) is 17.5. The van der Waals surface area contributed by atoms with E-state index in [9.17, 15) is 0 Å². The maximum absolute atomic E-state index is 5.86. The maximum atomic E-state index is 5.86. The molecule has 1 saturated heterocycles. The number of benzene rings is 1. The highest BCUT2D eigenvalue weighted by Crippen LogP contribution is 2.24. The van der Waals surface area contributed by atoms with Crippen LogP contribution in [0.15, 0.2) is 41.4 Å². The number of aromatic nitrogens is 1. The molecule has 25 heavy (non-hydrogen) atoms. The zero-order valence-electron chi connectivity index (χ0n) is 14.6. The second-order valence-electron chi connectivity index (χ2n) is 6.29. The van der Waals surface area contributed by atoms with E-state index in [0.717, 1.165) is 60.6 Å². The van der Waals surface area contributed by atoms with Crippen LogP contribution in [0.4, 0.5) is 0 Å². The summed E-state index contributed by atoms with van der Waals surface area (Å²) in [4.78, 5) is 0. The molecule has 1 fully saturated rings. The van der Waals surface area contributed by atoms with E-state index < -0.39 is 0 Å². The van der Waals surface area contributed by atoms with Crippen molar-refractivity contribution in [1.29, 1.82) is 0 Å². The van der Waals surface area contributed by atoms with E-state index in [1.54, 1.807) is 6.08 Å². The highest BCUT2D eigenvalue weighted by molar-refractivity contribution is 5.38. The van der Waals surface area contributed by atoms with Crippen LogP contribution in [-0.4, -0.2) is 31.4 Å². The molecule has 1 aromatic heterocycles. The van der Waals surface area contributed by atoms with Gasteiger partial charge in [-0.05, 0) is 30.5 Å². The third kappa shape index (κ3) is 5.34. The standard InChI is InChI=1S/C19H25N3O3/c1-3-4-23-18-6-15(9-20-10-16-11-21-12-16)7-19(8-18)24-13-17-5-14(2)25-22-17/h3,5-8,16,20-21H,1,4,9-13H2,2H3. The predicted molar refractivity (Wildman–Crippen MR) is 95.8 cm³/mol. The second-order valence-corrected chi connectivity index (χ2v) is 6.29. The van der Waals surface area contributed by atoms with Crippen molar-refractivity contribution in [2.45, 2.75) is 20.1 Å². The smallest absolute Gasteiger partial charge is 0.134 e. The van der Waals surface area contributed by atoms with Crippen molar-refractivity contribution < 1.29 is 14.0 Å². The molecule has 0 amide bonds. The molecule has 1 aromatic carbocycles. The van der Waals surface area contributed by atoms with E-state index in [-0.39, 0.29) is 0 Å². The van der Waals surface area contributed by atoms with Crippen LogP contribution >= 0.6 is 0 Å². The average molecular weight is 343 g/mol. The summed E-state index contributed by atoms with van der Waals surface area (Å²) in [6, 6.07) is 7.81. The van der Waals surface area contributed by atoms with Gasteiger partial charge in [0.2, 0.25) is 0 Å². The fourth-order valence-corrected chi connectivity index (χ4v) is 2.61. The van der Waals surface area contributed by atoms with Crippen LogP contribution in [0.5, 0.6) is 11.5 Å². The molecule has 2 heterocycles. The second kappa shape index (κ2) is 8.69. The van der Waals surface area contributed by atoms with Gasteiger partial charge in [0.15, 0.2) is 0 Å². The Morgan fingerprint density at radius 2 is 2.08 bits per heavy atom. The van der Waals surface area contributed by atoms with Crippen molar-refractivity contribution >= 4 is 0 Å². The first-order valence-electron chi connectivity index (χ1n) is 8.57. The monoisotopic (exact) mass is 343 g/mol. The average Bonchev–Trinajstić information content (AvgIpc) is 2.99. The van der Waals surface area contributed by atoms with Crippen LogP contribution in [0.3, 0.4) is 0 Å². The Balaban J connectivity index is 1.61. The van der Waals surface area contributed by atoms with Crippen LogP contribution in [0, 0.1) is 12.8 Å². The van der Waals surface area contributed by atoms with Gasteiger partial charge in [0.05, 0.1) is 0 Å². The summed E-state index contributed by atoms with van der Waals surface area (Å²) in [5, 5.41) is 10.7. The van der Waals surface area contributed by atoms with Gasteiger partial charge in [-0.25, -0.2) is 0 Å². The molecule has 134 valence electrons. The molecular weight excluding hydrogens is 318 g/mol. The van der Waals surface area contributed by atoms with Crippen LogP contribution in [0.25, 0.3) is 0 Å². The van der Waals surface area contributed by atoms with Crippen LogP contribution in [0.1, 0.15) is 17.0 Å². The molecule has 2 aromatic rings. The molecule has 6 heteroatoms. The lowest BCUT2D eigenvalue weighted by Gasteiger charge is -2.27. The molecule has 0 radical (unpaired) electrons. The minimum Gasteiger partial charge on any atom is -0.489 e. The zero-order valence-corrected chi connectivity index (χ0v) is 14.6. The normalized spacial score (nSPS) is 14.1. The Morgan fingerprint density at radius 3 is 2.72 bits per heavy atom. The molecule has 0 unspecified atom stereocenters. The van der Waals surface area contributed by atoms with E-state index in [1.165, 1.54) is 0 Å². The van der Waals surface area contributed by atoms with Crippen molar-refractivity contribution in [2.24, 2.45) is 5.92 Å². The van der Waals surface area contributed by atoms with Crippen molar-refractivity contribution in [3.05, 3.63) is 53.9 Å². The van der Waals surface area contributed by atoms with Gasteiger partial charge in [-0.1, -0.05) is 17.8 Å². The number of aryl methyl sites for hydroxylation is 1. The van der Waals surface area contributed by atoms with Crippen LogP contribution < -0.4 is 20.1 Å². The summed E-state index contributed by atoms with van der Waals surface area (Å²) in [5.41, 5.74) is 1.90. The topological polar surface area (TPSA) is 68.5 Å². The lowest BCUT2D eigenvalue weighted by molar-refractivity contribution is 0.284. The quantitative estimate of drug-likeness (QED) is 0.646. The third-order valence-corrected chi connectivity index (χ3v) is 4.00. The van der Waals surface area contributed by atoms with Crippen LogP contribution in [-0.2, 0) is 13.2 Å². The summed E-state index contributed by atoms with van der Waals surface area (Å²) >= 11 is 0. The number of hydrogen-bond donors (Lipinski definition) is 2. The molecule has 1 aliphatic rings. The van der Waals surface area contributed by atoms with Crippen LogP contribution in [0.2, 0.25) is 0 Å². The fraction of sp³-hybridized carbons (Fsp3) is 0.421. The molecule has 0 saturated carbocycles. The Labute approximate surface area is 148 Å². The molecule has 0 bridgehead atoms. The van der Waals surface area contributed by atoms with E-state index in [0.29, 0.717) is 13.2 Å². The van der Waals surface area contributed by atoms with Crippen molar-refractivity contribution in [1.82, 2.24) is 15.8 Å². The summed E-state index contributed by atoms with van der Waals surface area (Å²) < 4.78 is 16.6.